The number of carbonyl (C=O) groups is 1. The first-order valence-corrected chi connectivity index (χ1v) is 6.86. The number of morpholine rings is 1. The standard InChI is InChI=1S/C14H23N3O2/c1-5-14(3,17-6-8-19-9-7-17)13(18)12-10-15-11(2)16(12)4/h10H,5-9H2,1-4H3. The van der Waals surface area contributed by atoms with Crippen LogP contribution in [-0.4, -0.2) is 52.1 Å². The average Bonchev–Trinajstić information content (AvgIpc) is 2.78. The number of aryl methyl sites for hydroxylation is 1. The lowest BCUT2D eigenvalue weighted by Gasteiger charge is -2.41. The number of ketones is 1. The number of Topliss-reactive ketones (excluding diaryl/α,β-unsaturated/α-hetero) is 1. The monoisotopic (exact) mass is 265 g/mol. The molecule has 1 aromatic heterocycles. The molecule has 1 saturated heterocycles. The summed E-state index contributed by atoms with van der Waals surface area (Å²) in [5.41, 5.74) is 0.220. The van der Waals surface area contributed by atoms with Crippen LogP contribution in [0.2, 0.25) is 0 Å². The van der Waals surface area contributed by atoms with Crippen LogP contribution < -0.4 is 0 Å². The van der Waals surface area contributed by atoms with Gasteiger partial charge in [0, 0.05) is 20.1 Å². The van der Waals surface area contributed by atoms with Gasteiger partial charge in [0.15, 0.2) is 0 Å². The zero-order chi connectivity index (χ0) is 14.0. The van der Waals surface area contributed by atoms with Gasteiger partial charge < -0.3 is 9.30 Å². The van der Waals surface area contributed by atoms with Gasteiger partial charge in [-0.3, -0.25) is 9.69 Å². The van der Waals surface area contributed by atoms with Gasteiger partial charge in [-0.05, 0) is 20.3 Å². The van der Waals surface area contributed by atoms with E-state index in [4.69, 9.17) is 4.74 Å². The average molecular weight is 265 g/mol. The number of hydrogen-bond donors (Lipinski definition) is 0. The highest BCUT2D eigenvalue weighted by atomic mass is 16.5. The predicted molar refractivity (Wildman–Crippen MR) is 73.4 cm³/mol. The van der Waals surface area contributed by atoms with E-state index in [1.54, 1.807) is 6.20 Å². The zero-order valence-electron chi connectivity index (χ0n) is 12.3. The van der Waals surface area contributed by atoms with Crippen LogP contribution in [-0.2, 0) is 11.8 Å². The van der Waals surface area contributed by atoms with Crippen molar-refractivity contribution in [3.05, 3.63) is 17.7 Å². The smallest absolute Gasteiger partial charge is 0.200 e. The molecule has 0 bridgehead atoms. The third-order valence-electron chi connectivity index (χ3n) is 4.34. The van der Waals surface area contributed by atoms with E-state index in [9.17, 15) is 4.79 Å². The molecule has 0 N–H and O–H groups in total. The van der Waals surface area contributed by atoms with Crippen LogP contribution in [0.5, 0.6) is 0 Å². The largest absolute Gasteiger partial charge is 0.379 e. The van der Waals surface area contributed by atoms with Crippen molar-refractivity contribution in [3.8, 4) is 0 Å². The van der Waals surface area contributed by atoms with Crippen molar-refractivity contribution < 1.29 is 9.53 Å². The summed E-state index contributed by atoms with van der Waals surface area (Å²) in [5, 5.41) is 0. The van der Waals surface area contributed by atoms with Gasteiger partial charge in [-0.25, -0.2) is 4.98 Å². The summed E-state index contributed by atoms with van der Waals surface area (Å²) >= 11 is 0. The normalized spacial score (nSPS) is 20.2. The molecule has 1 aliphatic rings. The lowest BCUT2D eigenvalue weighted by molar-refractivity contribution is -0.0109. The Labute approximate surface area is 114 Å². The molecule has 0 amide bonds. The van der Waals surface area contributed by atoms with Gasteiger partial charge in [0.2, 0.25) is 5.78 Å². The summed E-state index contributed by atoms with van der Waals surface area (Å²) in [5.74, 6) is 1.02. The second-order valence-corrected chi connectivity index (χ2v) is 5.31. The van der Waals surface area contributed by atoms with E-state index in [1.807, 2.05) is 25.5 Å². The van der Waals surface area contributed by atoms with Gasteiger partial charge in [0.05, 0.1) is 24.9 Å². The molecule has 2 rings (SSSR count). The van der Waals surface area contributed by atoms with Crippen molar-refractivity contribution in [1.29, 1.82) is 0 Å². The molecular formula is C14H23N3O2. The summed E-state index contributed by atoms with van der Waals surface area (Å²) in [6.45, 7) is 9.04. The maximum atomic E-state index is 12.9. The summed E-state index contributed by atoms with van der Waals surface area (Å²) in [6.07, 6.45) is 2.47. The van der Waals surface area contributed by atoms with Crippen LogP contribution in [0.1, 0.15) is 36.6 Å². The molecule has 0 aliphatic carbocycles. The summed E-state index contributed by atoms with van der Waals surface area (Å²) in [6, 6.07) is 0. The maximum Gasteiger partial charge on any atom is 0.200 e. The van der Waals surface area contributed by atoms with E-state index in [0.29, 0.717) is 18.9 Å². The minimum Gasteiger partial charge on any atom is -0.379 e. The number of nitrogens with zero attached hydrogens (tertiary/aromatic N) is 3. The fourth-order valence-electron chi connectivity index (χ4n) is 2.57. The van der Waals surface area contributed by atoms with Gasteiger partial charge >= 0.3 is 0 Å². The maximum absolute atomic E-state index is 12.9. The molecule has 1 atom stereocenters. The van der Waals surface area contributed by atoms with Crippen LogP contribution in [0.15, 0.2) is 6.20 Å². The Morgan fingerprint density at radius 3 is 2.58 bits per heavy atom. The summed E-state index contributed by atoms with van der Waals surface area (Å²) in [7, 11) is 1.89. The Hall–Kier alpha value is -1.20. The van der Waals surface area contributed by atoms with Crippen molar-refractivity contribution in [3.63, 3.8) is 0 Å². The molecule has 0 aromatic carbocycles. The first kappa shape index (κ1) is 14.2. The molecule has 0 radical (unpaired) electrons. The highest BCUT2D eigenvalue weighted by Crippen LogP contribution is 2.25. The highest BCUT2D eigenvalue weighted by molar-refractivity contribution is 6.01. The second kappa shape index (κ2) is 5.43. The number of rotatable bonds is 4. The number of imidazole rings is 1. The Morgan fingerprint density at radius 2 is 2.11 bits per heavy atom. The molecule has 1 aliphatic heterocycles. The number of hydrogen-bond acceptors (Lipinski definition) is 4. The Kier molecular flexibility index (Phi) is 4.06. The molecule has 5 nitrogen and oxygen atoms in total. The molecule has 1 fully saturated rings. The first-order chi connectivity index (χ1) is 9.00. The fourth-order valence-corrected chi connectivity index (χ4v) is 2.57. The highest BCUT2D eigenvalue weighted by Gasteiger charge is 2.40. The number of aromatic nitrogens is 2. The molecule has 5 heteroatoms. The molecule has 0 saturated carbocycles. The van der Waals surface area contributed by atoms with E-state index < -0.39 is 5.54 Å². The Morgan fingerprint density at radius 1 is 1.47 bits per heavy atom. The van der Waals surface area contributed by atoms with E-state index in [-0.39, 0.29) is 5.78 Å². The van der Waals surface area contributed by atoms with Crippen molar-refractivity contribution in [2.24, 2.45) is 7.05 Å². The molecule has 1 unspecified atom stereocenters. The quantitative estimate of drug-likeness (QED) is 0.772. The van der Waals surface area contributed by atoms with Gasteiger partial charge in [0.1, 0.15) is 11.5 Å². The fraction of sp³-hybridized carbons (Fsp3) is 0.714. The SMILES string of the molecule is CCC(C)(C(=O)c1cnc(C)n1C)N1CCOCC1. The van der Waals surface area contributed by atoms with Crippen LogP contribution in [0.3, 0.4) is 0 Å². The Bertz CT molecular complexity index is 463. The number of carbonyl (C=O) groups excluding carboxylic acids is 1. The van der Waals surface area contributed by atoms with Crippen LogP contribution in [0, 0.1) is 6.92 Å². The third-order valence-corrected chi connectivity index (χ3v) is 4.34. The van der Waals surface area contributed by atoms with Gasteiger partial charge in [-0.2, -0.15) is 0 Å². The van der Waals surface area contributed by atoms with Crippen LogP contribution in [0.25, 0.3) is 0 Å². The third kappa shape index (κ3) is 2.44. The molecule has 2 heterocycles. The van der Waals surface area contributed by atoms with Gasteiger partial charge in [0.25, 0.3) is 0 Å². The van der Waals surface area contributed by atoms with Crippen molar-refractivity contribution in [2.45, 2.75) is 32.7 Å². The second-order valence-electron chi connectivity index (χ2n) is 5.31. The van der Waals surface area contributed by atoms with E-state index in [1.165, 1.54) is 0 Å². The molecular weight excluding hydrogens is 242 g/mol. The molecule has 0 spiro atoms. The van der Waals surface area contributed by atoms with Crippen LogP contribution in [0.4, 0.5) is 0 Å². The predicted octanol–water partition coefficient (Wildman–Crippen LogP) is 1.41. The summed E-state index contributed by atoms with van der Waals surface area (Å²) in [4.78, 5) is 19.4. The van der Waals surface area contributed by atoms with Crippen molar-refractivity contribution in [2.75, 3.05) is 26.3 Å². The van der Waals surface area contributed by atoms with Gasteiger partial charge in [-0.1, -0.05) is 6.92 Å². The minimum absolute atomic E-state index is 0.153. The number of ether oxygens (including phenoxy) is 1. The van der Waals surface area contributed by atoms with Crippen molar-refractivity contribution >= 4 is 5.78 Å². The van der Waals surface area contributed by atoms with E-state index >= 15 is 0 Å². The Balaban J connectivity index is 2.29. The van der Waals surface area contributed by atoms with Crippen molar-refractivity contribution in [1.82, 2.24) is 14.5 Å². The molecule has 1 aromatic rings. The van der Waals surface area contributed by atoms with Gasteiger partial charge in [-0.15, -0.1) is 0 Å². The summed E-state index contributed by atoms with van der Waals surface area (Å²) < 4.78 is 7.25. The van der Waals surface area contributed by atoms with E-state index in [2.05, 4.69) is 16.8 Å². The zero-order valence-corrected chi connectivity index (χ0v) is 12.3. The lowest BCUT2D eigenvalue weighted by atomic mass is 9.88. The van der Waals surface area contributed by atoms with Crippen LogP contribution >= 0.6 is 0 Å². The van der Waals surface area contributed by atoms with E-state index in [0.717, 1.165) is 25.3 Å². The molecule has 106 valence electrons. The lowest BCUT2D eigenvalue weighted by Crippen LogP contribution is -2.56. The minimum atomic E-state index is -0.468. The first-order valence-electron chi connectivity index (χ1n) is 6.86. The topological polar surface area (TPSA) is 47.4 Å². The molecule has 19 heavy (non-hydrogen) atoms.